The van der Waals surface area contributed by atoms with Gasteiger partial charge in [-0.3, -0.25) is 0 Å². The molecule has 4 heteroatoms. The Kier molecular flexibility index (Phi) is 7.57. The van der Waals surface area contributed by atoms with E-state index >= 15 is 0 Å². The van der Waals surface area contributed by atoms with Gasteiger partial charge in [-0.2, -0.15) is 0 Å². The van der Waals surface area contributed by atoms with E-state index in [1.54, 1.807) is 13.8 Å². The van der Waals surface area contributed by atoms with Crippen LogP contribution in [0.1, 0.15) is 54.4 Å². The molecule has 0 aromatic rings. The SMILES string of the molecule is C=C(C)C(=O)OCC(C)(COC(=O)C(=C)C)CC(C)(C)CC. The normalized spacial score (nSPS) is 11.7. The van der Waals surface area contributed by atoms with Gasteiger partial charge in [-0.15, -0.1) is 0 Å². The summed E-state index contributed by atoms with van der Waals surface area (Å²) in [4.78, 5) is 23.3. The molecular formula is C18H30O4. The molecule has 0 aliphatic rings. The summed E-state index contributed by atoms with van der Waals surface area (Å²) in [7, 11) is 0. The van der Waals surface area contributed by atoms with Gasteiger partial charge in [0.1, 0.15) is 13.2 Å². The van der Waals surface area contributed by atoms with Gasteiger partial charge in [-0.05, 0) is 25.7 Å². The maximum atomic E-state index is 11.6. The minimum Gasteiger partial charge on any atom is -0.462 e. The number of ether oxygens (including phenoxy) is 2. The van der Waals surface area contributed by atoms with E-state index in [2.05, 4.69) is 33.9 Å². The fraction of sp³-hybridized carbons (Fsp3) is 0.667. The molecule has 0 heterocycles. The molecule has 0 aliphatic carbocycles. The fourth-order valence-electron chi connectivity index (χ4n) is 2.15. The monoisotopic (exact) mass is 310 g/mol. The maximum absolute atomic E-state index is 11.6. The zero-order valence-corrected chi connectivity index (χ0v) is 14.9. The smallest absolute Gasteiger partial charge is 0.333 e. The van der Waals surface area contributed by atoms with E-state index < -0.39 is 17.4 Å². The van der Waals surface area contributed by atoms with Crippen LogP contribution in [0.25, 0.3) is 0 Å². The first-order valence-corrected chi connectivity index (χ1v) is 7.58. The Balaban J connectivity index is 4.96. The summed E-state index contributed by atoms with van der Waals surface area (Å²) in [5.74, 6) is -0.849. The first-order chi connectivity index (χ1) is 9.92. The first kappa shape index (κ1) is 20.4. The molecule has 0 saturated carbocycles. The van der Waals surface area contributed by atoms with Crippen molar-refractivity contribution in [3.8, 4) is 0 Å². The second kappa shape index (κ2) is 8.16. The second-order valence-corrected chi connectivity index (χ2v) is 7.22. The van der Waals surface area contributed by atoms with Crippen molar-refractivity contribution >= 4 is 11.9 Å². The third kappa shape index (κ3) is 7.43. The summed E-state index contributed by atoms with van der Waals surface area (Å²) >= 11 is 0. The van der Waals surface area contributed by atoms with Gasteiger partial charge in [0, 0.05) is 16.6 Å². The van der Waals surface area contributed by atoms with Crippen molar-refractivity contribution < 1.29 is 19.1 Å². The molecule has 0 atom stereocenters. The van der Waals surface area contributed by atoms with Gasteiger partial charge in [0.05, 0.1) is 0 Å². The number of rotatable bonds is 9. The lowest BCUT2D eigenvalue weighted by Gasteiger charge is -2.36. The van der Waals surface area contributed by atoms with Gasteiger partial charge in [0.15, 0.2) is 0 Å². The highest BCUT2D eigenvalue weighted by Crippen LogP contribution is 2.37. The second-order valence-electron chi connectivity index (χ2n) is 7.22. The molecule has 0 fully saturated rings. The van der Waals surface area contributed by atoms with Crippen molar-refractivity contribution in [2.75, 3.05) is 13.2 Å². The van der Waals surface area contributed by atoms with Crippen LogP contribution in [-0.4, -0.2) is 25.2 Å². The molecule has 0 unspecified atom stereocenters. The standard InChI is InChI=1S/C18H30O4/c1-9-17(6,7)10-18(8,11-21-15(19)13(2)3)12-22-16(20)14(4)5/h2,4,9-12H2,1,3,5-8H3. The van der Waals surface area contributed by atoms with E-state index in [1.807, 2.05) is 6.92 Å². The molecular weight excluding hydrogens is 280 g/mol. The van der Waals surface area contributed by atoms with Crippen molar-refractivity contribution in [2.24, 2.45) is 10.8 Å². The largest absolute Gasteiger partial charge is 0.462 e. The highest BCUT2D eigenvalue weighted by Gasteiger charge is 2.34. The maximum Gasteiger partial charge on any atom is 0.333 e. The van der Waals surface area contributed by atoms with Crippen molar-refractivity contribution in [2.45, 2.75) is 54.4 Å². The summed E-state index contributed by atoms with van der Waals surface area (Å²) < 4.78 is 10.6. The van der Waals surface area contributed by atoms with Gasteiger partial charge in [0.2, 0.25) is 0 Å². The summed E-state index contributed by atoms with van der Waals surface area (Å²) in [5.41, 5.74) is 0.322. The average Bonchev–Trinajstić information content (AvgIpc) is 2.41. The molecule has 0 rings (SSSR count). The Labute approximate surface area is 134 Å². The van der Waals surface area contributed by atoms with Gasteiger partial charge in [-0.1, -0.05) is 47.3 Å². The molecule has 0 spiro atoms. The summed E-state index contributed by atoms with van der Waals surface area (Å²) in [6.07, 6.45) is 1.74. The van der Waals surface area contributed by atoms with Crippen LogP contribution >= 0.6 is 0 Å². The zero-order valence-electron chi connectivity index (χ0n) is 14.9. The Morgan fingerprint density at radius 3 is 1.55 bits per heavy atom. The number of carbonyl (C=O) groups excluding carboxylic acids is 2. The van der Waals surface area contributed by atoms with Crippen LogP contribution in [0.15, 0.2) is 24.3 Å². The molecule has 0 aliphatic heterocycles. The molecule has 0 amide bonds. The molecule has 0 aromatic carbocycles. The van der Waals surface area contributed by atoms with Crippen LogP contribution in [0.4, 0.5) is 0 Å². The third-order valence-corrected chi connectivity index (χ3v) is 3.66. The van der Waals surface area contributed by atoms with Crippen LogP contribution in [0.2, 0.25) is 0 Å². The molecule has 126 valence electrons. The minimum absolute atomic E-state index is 0.0556. The van der Waals surface area contributed by atoms with Crippen LogP contribution in [0.3, 0.4) is 0 Å². The lowest BCUT2D eigenvalue weighted by molar-refractivity contribution is -0.150. The zero-order chi connectivity index (χ0) is 17.6. The van der Waals surface area contributed by atoms with E-state index in [0.717, 1.165) is 12.8 Å². The van der Waals surface area contributed by atoms with Crippen molar-refractivity contribution in [3.05, 3.63) is 24.3 Å². The predicted molar refractivity (Wildman–Crippen MR) is 88.3 cm³/mol. The predicted octanol–water partition coefficient (Wildman–Crippen LogP) is 4.06. The number of carbonyl (C=O) groups is 2. The first-order valence-electron chi connectivity index (χ1n) is 7.58. The van der Waals surface area contributed by atoms with Crippen LogP contribution in [-0.2, 0) is 19.1 Å². The average molecular weight is 310 g/mol. The summed E-state index contributed by atoms with van der Waals surface area (Å²) in [5, 5.41) is 0. The molecule has 22 heavy (non-hydrogen) atoms. The Morgan fingerprint density at radius 2 is 1.27 bits per heavy atom. The van der Waals surface area contributed by atoms with E-state index in [9.17, 15) is 9.59 Å². The van der Waals surface area contributed by atoms with Crippen molar-refractivity contribution in [1.29, 1.82) is 0 Å². The number of hydrogen-bond donors (Lipinski definition) is 0. The van der Waals surface area contributed by atoms with E-state index in [0.29, 0.717) is 11.1 Å². The lowest BCUT2D eigenvalue weighted by Crippen LogP contribution is -2.36. The molecule has 0 saturated heterocycles. The van der Waals surface area contributed by atoms with Gasteiger partial charge in [-0.25, -0.2) is 9.59 Å². The Bertz CT molecular complexity index is 416. The van der Waals surface area contributed by atoms with E-state index in [4.69, 9.17) is 9.47 Å². The van der Waals surface area contributed by atoms with Crippen LogP contribution in [0.5, 0.6) is 0 Å². The molecule has 0 bridgehead atoms. The Hall–Kier alpha value is -1.58. The molecule has 4 nitrogen and oxygen atoms in total. The number of esters is 2. The summed E-state index contributed by atoms with van der Waals surface area (Å²) in [6.45, 7) is 19.1. The van der Waals surface area contributed by atoms with Gasteiger partial charge >= 0.3 is 11.9 Å². The third-order valence-electron chi connectivity index (χ3n) is 3.66. The topological polar surface area (TPSA) is 52.6 Å². The lowest BCUT2D eigenvalue weighted by atomic mass is 9.73. The minimum atomic E-state index is -0.449. The highest BCUT2D eigenvalue weighted by molar-refractivity contribution is 5.87. The van der Waals surface area contributed by atoms with Gasteiger partial charge in [0.25, 0.3) is 0 Å². The number of hydrogen-bond acceptors (Lipinski definition) is 4. The van der Waals surface area contributed by atoms with Crippen LogP contribution < -0.4 is 0 Å². The quantitative estimate of drug-likeness (QED) is 0.476. The highest BCUT2D eigenvalue weighted by atomic mass is 16.5. The molecule has 0 radical (unpaired) electrons. The fourth-order valence-corrected chi connectivity index (χ4v) is 2.15. The van der Waals surface area contributed by atoms with Crippen molar-refractivity contribution in [1.82, 2.24) is 0 Å². The molecule has 0 aromatic heterocycles. The van der Waals surface area contributed by atoms with Crippen LogP contribution in [0, 0.1) is 10.8 Å². The Morgan fingerprint density at radius 1 is 0.909 bits per heavy atom. The van der Waals surface area contributed by atoms with Crippen molar-refractivity contribution in [3.63, 3.8) is 0 Å². The summed E-state index contributed by atoms with van der Waals surface area (Å²) in [6, 6.07) is 0. The van der Waals surface area contributed by atoms with E-state index in [-0.39, 0.29) is 18.6 Å². The molecule has 0 N–H and O–H groups in total. The van der Waals surface area contributed by atoms with Gasteiger partial charge < -0.3 is 9.47 Å². The van der Waals surface area contributed by atoms with E-state index in [1.165, 1.54) is 0 Å².